The molecule has 1 N–H and O–H groups in total. The lowest BCUT2D eigenvalue weighted by atomic mass is 9.47. The van der Waals surface area contributed by atoms with Crippen LogP contribution < -0.4 is 0 Å². The summed E-state index contributed by atoms with van der Waals surface area (Å²) in [6, 6.07) is 49.5. The average molecular weight is 1860 g/mol. The number of carbonyl (C=O) groups excluding carboxylic acids is 4. The number of nitrogens with zero attached hydrogens (tertiary/aromatic N) is 10. The Balaban J connectivity index is 0.000000132. The van der Waals surface area contributed by atoms with E-state index in [9.17, 15) is 38.3 Å². The molecule has 5 saturated carbocycles. The molecule has 19 rings (SSSR count). The number of hydrogen-bond donors (Lipinski definition) is 1. The Morgan fingerprint density at radius 2 is 0.735 bits per heavy atom. The Hall–Kier alpha value is -12.4. The molecule has 4 saturated heterocycles. The van der Waals surface area contributed by atoms with Gasteiger partial charge < -0.3 is 28.6 Å². The number of allylic oxidation sites excluding steroid dienone is 4. The van der Waals surface area contributed by atoms with E-state index in [0.29, 0.717) is 41.5 Å². The molecule has 136 heavy (non-hydrogen) atoms. The Kier molecular flexibility index (Phi) is 27.0. The number of pyridine rings is 4. The molecule has 10 aliphatic rings. The summed E-state index contributed by atoms with van der Waals surface area (Å²) < 4.78 is 149. The molecule has 9 fully saturated rings. The first-order valence-electron chi connectivity index (χ1n) is 46.6. The number of hydrogen-bond acceptors (Lipinski definition) is 20. The second-order valence-corrected chi connectivity index (χ2v) is 39.2. The van der Waals surface area contributed by atoms with E-state index in [4.69, 9.17) is 23.5 Å². The lowest BCUT2D eigenvalue weighted by molar-refractivity contribution is -0.234. The van der Waals surface area contributed by atoms with Gasteiger partial charge in [0.05, 0.1) is 57.1 Å². The quantitative estimate of drug-likeness (QED) is 0.0475. The van der Waals surface area contributed by atoms with Crippen molar-refractivity contribution >= 4 is 54.0 Å². The van der Waals surface area contributed by atoms with Crippen LogP contribution in [0.3, 0.4) is 0 Å². The van der Waals surface area contributed by atoms with E-state index in [-0.39, 0.29) is 31.8 Å². The number of halogens is 8. The highest BCUT2D eigenvalue weighted by Gasteiger charge is 2.77. The molecule has 28 heteroatoms. The van der Waals surface area contributed by atoms with Gasteiger partial charge in [-0.05, 0) is 191 Å². The van der Waals surface area contributed by atoms with Crippen LogP contribution in [0.4, 0.5) is 35.1 Å². The van der Waals surface area contributed by atoms with Gasteiger partial charge >= 0.3 is 23.9 Å². The molecule has 5 aliphatic carbocycles. The number of fused-ring (bicyclic) bond motifs is 4. The Labute approximate surface area is 786 Å². The van der Waals surface area contributed by atoms with Crippen LogP contribution in [-0.4, -0.2) is 125 Å². The largest absolute Gasteiger partial charge is 0.462 e. The number of esters is 4. The van der Waals surface area contributed by atoms with Gasteiger partial charge in [-0.1, -0.05) is 178 Å². The molecular weight excluding hydrogens is 1750 g/mol. The highest BCUT2D eigenvalue weighted by molar-refractivity contribution is 5.92. The fourth-order valence-electron chi connectivity index (χ4n) is 23.7. The smallest absolute Gasteiger partial charge is 0.315 e. The fourth-order valence-corrected chi connectivity index (χ4v) is 23.7. The average Bonchev–Trinajstić information content (AvgIpc) is 1.47. The van der Waals surface area contributed by atoms with Crippen LogP contribution in [0.1, 0.15) is 164 Å². The van der Waals surface area contributed by atoms with Crippen LogP contribution >= 0.6 is 0 Å². The summed E-state index contributed by atoms with van der Waals surface area (Å²) in [6.45, 7) is 21.5. The van der Waals surface area contributed by atoms with E-state index in [2.05, 4.69) is 45.3 Å². The van der Waals surface area contributed by atoms with Crippen molar-refractivity contribution in [2.75, 3.05) is 6.67 Å². The maximum absolute atomic E-state index is 15.4. The van der Waals surface area contributed by atoms with Gasteiger partial charge in [0.15, 0.2) is 12.5 Å². The minimum atomic E-state index is -3.10. The van der Waals surface area contributed by atoms with Crippen LogP contribution in [-0.2, 0) is 44.5 Å². The van der Waals surface area contributed by atoms with E-state index in [1.54, 1.807) is 108 Å². The number of carbonyl (C=O) groups is 4. The normalized spacial score (nSPS) is 31.6. The molecule has 4 aromatic carbocycles. The molecule has 10 heterocycles. The molecular formula is C108H112F8N10O10. The van der Waals surface area contributed by atoms with Crippen molar-refractivity contribution in [3.05, 3.63) is 252 Å². The minimum absolute atomic E-state index is 0.0142. The van der Waals surface area contributed by atoms with Crippen LogP contribution in [0.5, 0.6) is 0 Å². The molecule has 5 aromatic heterocycles. The van der Waals surface area contributed by atoms with Crippen molar-refractivity contribution in [2.24, 2.45) is 108 Å². The van der Waals surface area contributed by atoms with E-state index < -0.39 is 196 Å². The second-order valence-electron chi connectivity index (χ2n) is 39.2. The third-order valence-electron chi connectivity index (χ3n) is 31.3. The van der Waals surface area contributed by atoms with Crippen LogP contribution in [0, 0.1) is 132 Å². The first kappa shape index (κ1) is 96.7. The number of aryl methyl sites for hydroxylation is 4. The van der Waals surface area contributed by atoms with Crippen molar-refractivity contribution in [2.45, 2.75) is 201 Å². The number of azo groups is 1. The van der Waals surface area contributed by atoms with E-state index in [1.807, 2.05) is 179 Å². The fraction of sp³-hybridized carbons (Fsp3) is 0.444. The summed E-state index contributed by atoms with van der Waals surface area (Å²) in [7, 11) is 0. The number of nitriles is 1. The molecule has 0 amide bonds. The predicted molar refractivity (Wildman–Crippen MR) is 497 cm³/mol. The maximum atomic E-state index is 15.4. The van der Waals surface area contributed by atoms with Gasteiger partial charge in [-0.15, -0.1) is 5.11 Å². The summed E-state index contributed by atoms with van der Waals surface area (Å²) >= 11 is 0. The standard InChI is InChI=1S/C28H31F2NO3.C27H28F2N4O2.C27H27F2N3O3.C26H26F2N2O2/c1-17-7-4-5-8-22(17)20-9-10-21(31-15-20)11-12-23-18(2)28(29,30)16-27(26(33)13-6-14-26)24(23)19(3)34-25(27)32;1-16-6-4-5-7-21(16)19-8-9-20(30-13-19)10-11-22-17(2)27(28,29)14-26(12-23-31-15-32-33-23)24(22)18(3)35-25(26)34;1-16-6-4-5-7-21(16)19-8-9-20(30-13-19)10-11-22-17(2)27(28,29)14-26(12-23-31-15-34-32-23)24(22)18(3)35-25(26)33;1-16-6-4-5-7-21(16)19-8-9-20(30-14-19)10-11-22-17(2)26(27,28)15-25(12-13-29)23(22)18(3)32-24(25)31/h4-5,7-12,15,18-19,23-24,33H,6,13-14,16H2,1-3H3;4-11,13,17-18,22,24H,12,14-15H2,1-3H3;4-11,13,15,17-18,22,24H,12,14H2,1-3H3;4-11,14,17-18,22-23H,12,15H2,1-3H3/b12-11+;3*11-10+/t18-,19+,23-,24-,27-;2*17-,18+,22-,24-,26+;17-,18+,22-,23-,25+/m0000/s1. The van der Waals surface area contributed by atoms with Gasteiger partial charge in [0.2, 0.25) is 6.39 Å². The van der Waals surface area contributed by atoms with Crippen molar-refractivity contribution < 1.29 is 82.9 Å². The highest BCUT2D eigenvalue weighted by atomic mass is 19.3. The summed E-state index contributed by atoms with van der Waals surface area (Å²) in [4.78, 5) is 77.9. The SMILES string of the molecule is Cc1ccccc1-c1ccc(/C=C/[C@@H]2[C@@H]3[C@@H](C)OC(=O)[C@]3(C3(O)CCC3)CC(F)(F)[C@H]2C)nc1.Cc1ccccc1-c1ccc(/C=C/[C@@H]2[C@@H]3[C@@H](C)OC(=O)[C@]3(CC#N)CC(F)(F)[C@H]2C)nc1.Cc1ccccc1-c1ccc(/C=C/[C@@H]2[C@@H]3[C@@H](C)OC(=O)[C@]3(CC3=NCN=N3)CC(F)(F)[C@H]2C)nc1.Cc1ccccc1-c1ccc(/C=C/[C@@H]2[C@@H]3[C@@H](C)OC(=O)[C@]3(Cc3ncon3)CC(F)(F)[C@H]2C)nc1. The van der Waals surface area contributed by atoms with Crippen molar-refractivity contribution in [3.63, 3.8) is 0 Å². The summed E-state index contributed by atoms with van der Waals surface area (Å²) in [5, 5.41) is 32.2. The number of aromatic nitrogens is 6. The van der Waals surface area contributed by atoms with Gasteiger partial charge in [-0.2, -0.15) is 15.4 Å². The number of ether oxygens (including phenoxy) is 4. The number of rotatable bonds is 18. The van der Waals surface area contributed by atoms with Crippen LogP contribution in [0.2, 0.25) is 0 Å². The first-order valence-corrected chi connectivity index (χ1v) is 46.6. The van der Waals surface area contributed by atoms with E-state index in [1.165, 1.54) is 20.8 Å². The van der Waals surface area contributed by atoms with Crippen molar-refractivity contribution in [3.8, 4) is 50.6 Å². The van der Waals surface area contributed by atoms with E-state index in [0.717, 1.165) is 79.6 Å². The predicted octanol–water partition coefficient (Wildman–Crippen LogP) is 23.3. The van der Waals surface area contributed by atoms with E-state index >= 15 is 26.3 Å². The van der Waals surface area contributed by atoms with Gasteiger partial charge in [-0.25, -0.2) is 40.1 Å². The number of alkyl halides is 8. The van der Waals surface area contributed by atoms with Gasteiger partial charge in [0.25, 0.3) is 23.7 Å². The molecule has 0 spiro atoms. The van der Waals surface area contributed by atoms with Crippen LogP contribution in [0.15, 0.2) is 221 Å². The molecule has 20 atom stereocenters. The highest BCUT2D eigenvalue weighted by Crippen LogP contribution is 2.68. The molecule has 0 bridgehead atoms. The second kappa shape index (κ2) is 37.9. The van der Waals surface area contributed by atoms with Crippen molar-refractivity contribution in [1.29, 1.82) is 5.26 Å². The molecule has 0 unspecified atom stereocenters. The number of cyclic esters (lactones) is 4. The van der Waals surface area contributed by atoms with Crippen molar-refractivity contribution in [1.82, 2.24) is 30.1 Å². The Morgan fingerprint density at radius 1 is 0.412 bits per heavy atom. The molecule has 0 radical (unpaired) electrons. The van der Waals surface area contributed by atoms with Gasteiger partial charge in [0.1, 0.15) is 35.7 Å². The summed E-state index contributed by atoms with van der Waals surface area (Å²) in [6.07, 6.45) is 18.9. The summed E-state index contributed by atoms with van der Waals surface area (Å²) in [5.41, 5.74) is 8.28. The Bertz CT molecular complexity index is 6160. The number of amidine groups is 1. The summed E-state index contributed by atoms with van der Waals surface area (Å²) in [5.74, 6) is -22.5. The number of aliphatic hydroxyl groups is 1. The lowest BCUT2D eigenvalue weighted by Gasteiger charge is -2.57. The third kappa shape index (κ3) is 18.1. The first-order chi connectivity index (χ1) is 64.7. The number of benzene rings is 4. The van der Waals surface area contributed by atoms with Gasteiger partial charge in [-0.3, -0.25) is 39.1 Å². The zero-order valence-corrected chi connectivity index (χ0v) is 78.0. The molecule has 710 valence electrons. The zero-order valence-electron chi connectivity index (χ0n) is 78.0. The monoisotopic (exact) mass is 1860 g/mol. The molecule has 20 nitrogen and oxygen atoms in total. The maximum Gasteiger partial charge on any atom is 0.315 e. The van der Waals surface area contributed by atoms with Gasteiger partial charge in [0, 0.05) is 133 Å². The third-order valence-corrected chi connectivity index (χ3v) is 31.3. The molecule has 5 aliphatic heterocycles. The molecule has 9 aromatic rings. The topological polar surface area (TPSA) is 277 Å². The Morgan fingerprint density at radius 3 is 1.05 bits per heavy atom. The zero-order chi connectivity index (χ0) is 97.0. The number of aliphatic imine (C=N–C) groups is 1. The lowest BCUT2D eigenvalue weighted by Crippen LogP contribution is -2.66. The van der Waals surface area contributed by atoms with Crippen LogP contribution in [0.25, 0.3) is 68.8 Å². The minimum Gasteiger partial charge on any atom is -0.462 e.